The second-order valence-electron chi connectivity index (χ2n) is 7.33. The molecule has 0 aromatic carbocycles. The van der Waals surface area contributed by atoms with E-state index in [1.807, 2.05) is 0 Å². The van der Waals surface area contributed by atoms with Gasteiger partial charge in [-0.3, -0.25) is 4.79 Å². The Balaban J connectivity index is 3.72. The second kappa shape index (κ2) is 11.1. The fourth-order valence-electron chi connectivity index (χ4n) is 2.69. The summed E-state index contributed by atoms with van der Waals surface area (Å²) in [6.07, 6.45) is 8.73. The van der Waals surface area contributed by atoms with Gasteiger partial charge in [0.05, 0.1) is 0 Å². The molecular weight excluding hydrogens is 244 g/mol. The first-order valence-electron chi connectivity index (χ1n) is 8.47. The maximum Gasteiger partial charge on any atom is 0.133 e. The first kappa shape index (κ1) is 19.4. The number of ketones is 1. The number of carbonyl (C=O) groups excluding carboxylic acids is 1. The quantitative estimate of drug-likeness (QED) is 0.390. The lowest BCUT2D eigenvalue weighted by Crippen LogP contribution is -2.10. The van der Waals surface area contributed by atoms with Crippen molar-refractivity contribution in [1.29, 1.82) is 0 Å². The van der Waals surface area contributed by atoms with Crippen LogP contribution in [0.5, 0.6) is 0 Å². The summed E-state index contributed by atoms with van der Waals surface area (Å²) in [7, 11) is 0. The molecule has 0 amide bonds. The minimum Gasteiger partial charge on any atom is -0.300 e. The van der Waals surface area contributed by atoms with Gasteiger partial charge in [0.25, 0.3) is 0 Å². The van der Waals surface area contributed by atoms with Gasteiger partial charge in [-0.05, 0) is 43.9 Å². The summed E-state index contributed by atoms with van der Waals surface area (Å²) in [5, 5.41) is 0. The van der Waals surface area contributed by atoms with E-state index < -0.39 is 0 Å². The first-order valence-corrected chi connectivity index (χ1v) is 8.47. The third kappa shape index (κ3) is 12.4. The lowest BCUT2D eigenvalue weighted by molar-refractivity contribution is -0.120. The molecule has 1 heteroatoms. The highest BCUT2D eigenvalue weighted by atomic mass is 16.1. The molecule has 0 aliphatic carbocycles. The normalized spacial score (nSPS) is 14.3. The summed E-state index contributed by atoms with van der Waals surface area (Å²) in [6, 6.07) is 0. The molecule has 0 aromatic heterocycles. The van der Waals surface area contributed by atoms with Crippen molar-refractivity contribution >= 4 is 5.78 Å². The van der Waals surface area contributed by atoms with Crippen LogP contribution in [0.4, 0.5) is 0 Å². The highest BCUT2D eigenvalue weighted by molar-refractivity contribution is 5.78. The Hall–Kier alpha value is -0.590. The zero-order chi connectivity index (χ0) is 15.5. The second-order valence-corrected chi connectivity index (χ2v) is 7.33. The topological polar surface area (TPSA) is 17.1 Å². The van der Waals surface area contributed by atoms with Crippen LogP contribution in [0.1, 0.15) is 86.0 Å². The monoisotopic (exact) mass is 280 g/mol. The third-order valence-electron chi connectivity index (χ3n) is 3.93. The van der Waals surface area contributed by atoms with Gasteiger partial charge in [0.1, 0.15) is 5.78 Å². The van der Waals surface area contributed by atoms with Crippen LogP contribution in [0.15, 0.2) is 12.2 Å². The zero-order valence-electron chi connectivity index (χ0n) is 14.5. The molecule has 0 fully saturated rings. The summed E-state index contributed by atoms with van der Waals surface area (Å²) in [5.74, 6) is 2.34. The van der Waals surface area contributed by atoms with Gasteiger partial charge in [0.15, 0.2) is 0 Å². The fourth-order valence-corrected chi connectivity index (χ4v) is 2.69. The number of rotatable bonds is 12. The molecule has 0 rings (SSSR count). The molecule has 0 spiro atoms. The predicted octanol–water partition coefficient (Wildman–Crippen LogP) is 6.18. The van der Waals surface area contributed by atoms with Crippen molar-refractivity contribution < 1.29 is 4.79 Å². The average molecular weight is 280 g/mol. The van der Waals surface area contributed by atoms with E-state index in [-0.39, 0.29) is 0 Å². The van der Waals surface area contributed by atoms with Crippen molar-refractivity contribution in [2.24, 2.45) is 17.8 Å². The van der Waals surface area contributed by atoms with Gasteiger partial charge in [-0.2, -0.15) is 0 Å². The molecule has 1 nitrogen and oxygen atoms in total. The van der Waals surface area contributed by atoms with Crippen molar-refractivity contribution in [2.75, 3.05) is 0 Å². The molecule has 0 N–H and O–H groups in total. The molecule has 0 radical (unpaired) electrons. The number of Topliss-reactive ketones (excluding diaryl/α,β-unsaturated/α-hetero) is 1. The van der Waals surface area contributed by atoms with E-state index in [0.29, 0.717) is 17.6 Å². The maximum atomic E-state index is 12.0. The molecule has 20 heavy (non-hydrogen) atoms. The van der Waals surface area contributed by atoms with E-state index in [2.05, 4.69) is 41.2 Å². The van der Waals surface area contributed by atoms with Crippen molar-refractivity contribution in [2.45, 2.75) is 86.0 Å². The predicted molar refractivity (Wildman–Crippen MR) is 89.9 cm³/mol. The lowest BCUT2D eigenvalue weighted by atomic mass is 9.91. The largest absolute Gasteiger partial charge is 0.300 e. The lowest BCUT2D eigenvalue weighted by Gasteiger charge is -2.14. The minimum atomic E-state index is 0.463. The molecule has 0 heterocycles. The van der Waals surface area contributed by atoms with Crippen LogP contribution in [0, 0.1) is 17.8 Å². The van der Waals surface area contributed by atoms with E-state index in [4.69, 9.17) is 0 Å². The first-order chi connectivity index (χ1) is 9.31. The fraction of sp³-hybridized carbons (Fsp3) is 0.842. The molecule has 2 unspecified atom stereocenters. The van der Waals surface area contributed by atoms with E-state index in [1.165, 1.54) is 31.3 Å². The Morgan fingerprint density at radius 2 is 1.40 bits per heavy atom. The molecule has 2 atom stereocenters. The van der Waals surface area contributed by atoms with Gasteiger partial charge in [-0.1, -0.05) is 52.5 Å². The highest BCUT2D eigenvalue weighted by Gasteiger charge is 2.13. The Bertz CT molecular complexity index is 277. The number of hydrogen-bond acceptors (Lipinski definition) is 1. The average Bonchev–Trinajstić information content (AvgIpc) is 2.26. The van der Waals surface area contributed by atoms with Crippen LogP contribution in [0.25, 0.3) is 0 Å². The van der Waals surface area contributed by atoms with Gasteiger partial charge in [-0.15, -0.1) is 6.58 Å². The SMILES string of the molecule is C=C(C)CCCC(C)CC(=O)CC(C)CCCC(C)C. The van der Waals surface area contributed by atoms with Gasteiger partial charge >= 0.3 is 0 Å². The van der Waals surface area contributed by atoms with Gasteiger partial charge in [-0.25, -0.2) is 0 Å². The van der Waals surface area contributed by atoms with Crippen LogP contribution in [-0.2, 0) is 4.79 Å². The standard InChI is InChI=1S/C19H36O/c1-15(2)9-7-11-17(5)13-19(20)14-18(6)12-8-10-16(3)4/h16-18H,1,7-14H2,2-6H3. The van der Waals surface area contributed by atoms with Gasteiger partial charge in [0, 0.05) is 12.8 Å². The zero-order valence-corrected chi connectivity index (χ0v) is 14.5. The summed E-state index contributed by atoms with van der Waals surface area (Å²) in [5.41, 5.74) is 1.25. The molecule has 0 aromatic rings. The van der Waals surface area contributed by atoms with Crippen molar-refractivity contribution in [3.8, 4) is 0 Å². The summed E-state index contributed by atoms with van der Waals surface area (Å²) in [4.78, 5) is 12.0. The smallest absolute Gasteiger partial charge is 0.133 e. The summed E-state index contributed by atoms with van der Waals surface area (Å²) >= 11 is 0. The number of hydrogen-bond donors (Lipinski definition) is 0. The Morgan fingerprint density at radius 3 is 1.85 bits per heavy atom. The van der Waals surface area contributed by atoms with Crippen molar-refractivity contribution in [3.05, 3.63) is 12.2 Å². The molecule has 0 aliphatic rings. The minimum absolute atomic E-state index is 0.463. The molecule has 0 bridgehead atoms. The van der Waals surface area contributed by atoms with Gasteiger partial charge in [0.2, 0.25) is 0 Å². The van der Waals surface area contributed by atoms with Crippen LogP contribution in [0.3, 0.4) is 0 Å². The molecule has 0 saturated carbocycles. The van der Waals surface area contributed by atoms with Crippen LogP contribution >= 0.6 is 0 Å². The van der Waals surface area contributed by atoms with Gasteiger partial charge < -0.3 is 0 Å². The Labute approximate surface area is 127 Å². The number of allylic oxidation sites excluding steroid dienone is 1. The van der Waals surface area contributed by atoms with E-state index in [1.54, 1.807) is 0 Å². The van der Waals surface area contributed by atoms with E-state index >= 15 is 0 Å². The molecular formula is C19H36O. The van der Waals surface area contributed by atoms with Crippen LogP contribution < -0.4 is 0 Å². The summed E-state index contributed by atoms with van der Waals surface area (Å²) in [6.45, 7) is 15.0. The third-order valence-corrected chi connectivity index (χ3v) is 3.93. The van der Waals surface area contributed by atoms with Crippen LogP contribution in [0.2, 0.25) is 0 Å². The van der Waals surface area contributed by atoms with Crippen LogP contribution in [-0.4, -0.2) is 5.78 Å². The number of carbonyl (C=O) groups is 1. The Morgan fingerprint density at radius 1 is 0.900 bits per heavy atom. The van der Waals surface area contributed by atoms with E-state index in [0.717, 1.165) is 31.6 Å². The molecule has 118 valence electrons. The summed E-state index contributed by atoms with van der Waals surface area (Å²) < 4.78 is 0. The maximum absolute atomic E-state index is 12.0. The molecule has 0 aliphatic heterocycles. The molecule has 0 saturated heterocycles. The van der Waals surface area contributed by atoms with Crippen molar-refractivity contribution in [1.82, 2.24) is 0 Å². The van der Waals surface area contributed by atoms with E-state index in [9.17, 15) is 4.79 Å². The highest BCUT2D eigenvalue weighted by Crippen LogP contribution is 2.19. The van der Waals surface area contributed by atoms with Crippen molar-refractivity contribution in [3.63, 3.8) is 0 Å². The Kier molecular flexibility index (Phi) is 10.8.